The van der Waals surface area contributed by atoms with Crippen molar-refractivity contribution in [3.05, 3.63) is 23.9 Å². The van der Waals surface area contributed by atoms with Gasteiger partial charge in [-0.2, -0.15) is 0 Å². The zero-order valence-electron chi connectivity index (χ0n) is 6.08. The van der Waals surface area contributed by atoms with E-state index < -0.39 is 6.67 Å². The molecule has 1 aromatic heterocycles. The van der Waals surface area contributed by atoms with Crippen molar-refractivity contribution in [3.63, 3.8) is 0 Å². The summed E-state index contributed by atoms with van der Waals surface area (Å²) in [6.07, 6.45) is 1.46. The van der Waals surface area contributed by atoms with Gasteiger partial charge in [-0.25, -0.2) is 9.37 Å². The second-order valence-corrected chi connectivity index (χ2v) is 1.84. The zero-order chi connectivity index (χ0) is 7.40. The van der Waals surface area contributed by atoms with E-state index in [1.54, 1.807) is 12.1 Å². The number of ether oxygens (including phenoxy) is 1. The molecule has 0 aliphatic rings. The van der Waals surface area contributed by atoms with E-state index in [4.69, 9.17) is 4.74 Å². The van der Waals surface area contributed by atoms with Gasteiger partial charge in [0, 0.05) is 17.8 Å². The molecule has 0 fully saturated rings. The molecule has 1 heterocycles. The molecule has 0 N–H and O–H groups in total. The molecule has 0 amide bonds. The molecule has 0 radical (unpaired) electrons. The standard InChI is InChI=1S/C7H8FNO.ClH/c1-10-7-3-2-6(4-8)5-9-7;/h2-3,5H,4H2,1H3;1H. The van der Waals surface area contributed by atoms with E-state index in [2.05, 4.69) is 4.98 Å². The second kappa shape index (κ2) is 4.91. The van der Waals surface area contributed by atoms with E-state index in [9.17, 15) is 4.39 Å². The molecule has 0 saturated carbocycles. The highest BCUT2D eigenvalue weighted by molar-refractivity contribution is 5.85. The van der Waals surface area contributed by atoms with Gasteiger partial charge in [0.15, 0.2) is 0 Å². The topological polar surface area (TPSA) is 22.1 Å². The summed E-state index contributed by atoms with van der Waals surface area (Å²) in [4.78, 5) is 3.81. The highest BCUT2D eigenvalue weighted by Gasteiger charge is 1.92. The van der Waals surface area contributed by atoms with Gasteiger partial charge in [0.05, 0.1) is 7.11 Å². The summed E-state index contributed by atoms with van der Waals surface area (Å²) in [5.74, 6) is 0.511. The first kappa shape index (κ1) is 10.2. The maximum absolute atomic E-state index is 11.9. The van der Waals surface area contributed by atoms with Crippen LogP contribution >= 0.6 is 12.4 Å². The molecule has 0 aliphatic carbocycles. The van der Waals surface area contributed by atoms with E-state index in [1.165, 1.54) is 13.3 Å². The highest BCUT2D eigenvalue weighted by atomic mass is 35.5. The molecule has 0 saturated heterocycles. The Balaban J connectivity index is 0.000001000. The molecule has 0 aromatic carbocycles. The van der Waals surface area contributed by atoms with Crippen molar-refractivity contribution in [3.8, 4) is 5.88 Å². The SMILES string of the molecule is COc1ccc(CF)cn1.Cl. The van der Waals surface area contributed by atoms with Crippen LogP contribution in [-0.4, -0.2) is 12.1 Å². The van der Waals surface area contributed by atoms with Gasteiger partial charge in [-0.1, -0.05) is 0 Å². The van der Waals surface area contributed by atoms with Crippen molar-refractivity contribution < 1.29 is 9.13 Å². The molecule has 62 valence electrons. The van der Waals surface area contributed by atoms with E-state index >= 15 is 0 Å². The average molecular weight is 178 g/mol. The van der Waals surface area contributed by atoms with Crippen LogP contribution < -0.4 is 4.74 Å². The summed E-state index contributed by atoms with van der Waals surface area (Å²) in [5.41, 5.74) is 0.570. The monoisotopic (exact) mass is 177 g/mol. The minimum Gasteiger partial charge on any atom is -0.481 e. The lowest BCUT2D eigenvalue weighted by Gasteiger charge is -1.96. The van der Waals surface area contributed by atoms with E-state index in [0.717, 1.165) is 0 Å². The maximum atomic E-state index is 11.9. The molecule has 1 rings (SSSR count). The zero-order valence-corrected chi connectivity index (χ0v) is 6.90. The third kappa shape index (κ3) is 2.72. The Morgan fingerprint density at radius 3 is 2.64 bits per heavy atom. The van der Waals surface area contributed by atoms with Gasteiger partial charge in [0.1, 0.15) is 6.67 Å². The third-order valence-corrected chi connectivity index (χ3v) is 1.16. The first-order chi connectivity index (χ1) is 4.86. The fourth-order valence-electron chi connectivity index (χ4n) is 0.611. The Labute approximate surface area is 70.8 Å². The van der Waals surface area contributed by atoms with Crippen LogP contribution in [0.3, 0.4) is 0 Å². The first-order valence-electron chi connectivity index (χ1n) is 2.91. The molecule has 0 unspecified atom stereocenters. The molecule has 4 heteroatoms. The summed E-state index contributed by atoms with van der Waals surface area (Å²) in [7, 11) is 1.53. The van der Waals surface area contributed by atoms with Gasteiger partial charge in [0.2, 0.25) is 5.88 Å². The van der Waals surface area contributed by atoms with E-state index in [1.807, 2.05) is 0 Å². The van der Waals surface area contributed by atoms with Gasteiger partial charge < -0.3 is 4.74 Å². The summed E-state index contributed by atoms with van der Waals surface area (Å²) in [5, 5.41) is 0. The van der Waals surface area contributed by atoms with E-state index in [-0.39, 0.29) is 12.4 Å². The predicted octanol–water partition coefficient (Wildman–Crippen LogP) is 1.98. The Morgan fingerprint density at radius 2 is 2.27 bits per heavy atom. The molecule has 11 heavy (non-hydrogen) atoms. The van der Waals surface area contributed by atoms with Crippen molar-refractivity contribution in [2.24, 2.45) is 0 Å². The van der Waals surface area contributed by atoms with Gasteiger partial charge in [0.25, 0.3) is 0 Å². The quantitative estimate of drug-likeness (QED) is 0.689. The van der Waals surface area contributed by atoms with Crippen molar-refractivity contribution in [2.75, 3.05) is 7.11 Å². The number of methoxy groups -OCH3 is 1. The number of alkyl halides is 1. The molecule has 1 aromatic rings. The predicted molar refractivity (Wildman–Crippen MR) is 42.8 cm³/mol. The number of pyridine rings is 1. The Kier molecular flexibility index (Phi) is 4.54. The van der Waals surface area contributed by atoms with Crippen LogP contribution in [0.25, 0.3) is 0 Å². The Hall–Kier alpha value is -0.830. The number of hydrogen-bond donors (Lipinski definition) is 0. The summed E-state index contributed by atoms with van der Waals surface area (Å²) >= 11 is 0. The van der Waals surface area contributed by atoms with Gasteiger partial charge >= 0.3 is 0 Å². The lowest BCUT2D eigenvalue weighted by molar-refractivity contribution is 0.396. The highest BCUT2D eigenvalue weighted by Crippen LogP contribution is 2.06. The molecule has 0 spiro atoms. The van der Waals surface area contributed by atoms with Gasteiger partial charge in [-0.3, -0.25) is 0 Å². The molecule has 0 aliphatic heterocycles. The van der Waals surface area contributed by atoms with Crippen LogP contribution in [0.15, 0.2) is 18.3 Å². The van der Waals surface area contributed by atoms with Crippen molar-refractivity contribution in [2.45, 2.75) is 6.67 Å². The summed E-state index contributed by atoms with van der Waals surface area (Å²) < 4.78 is 16.7. The normalized spacial score (nSPS) is 8.55. The minimum atomic E-state index is -0.475. The largest absolute Gasteiger partial charge is 0.481 e. The van der Waals surface area contributed by atoms with Crippen molar-refractivity contribution >= 4 is 12.4 Å². The van der Waals surface area contributed by atoms with Crippen molar-refractivity contribution in [1.29, 1.82) is 0 Å². The molecule has 0 atom stereocenters. The number of aromatic nitrogens is 1. The molecule has 2 nitrogen and oxygen atoms in total. The van der Waals surface area contributed by atoms with Crippen LogP contribution in [0, 0.1) is 0 Å². The van der Waals surface area contributed by atoms with Crippen LogP contribution in [0.1, 0.15) is 5.56 Å². The fourth-order valence-corrected chi connectivity index (χ4v) is 0.611. The number of hydrogen-bond acceptors (Lipinski definition) is 2. The lowest BCUT2D eigenvalue weighted by Crippen LogP contribution is -1.87. The Morgan fingerprint density at radius 1 is 1.55 bits per heavy atom. The maximum Gasteiger partial charge on any atom is 0.212 e. The molecular formula is C7H9ClFNO. The minimum absolute atomic E-state index is 0. The molecule has 0 bridgehead atoms. The lowest BCUT2D eigenvalue weighted by atomic mass is 10.3. The average Bonchev–Trinajstić information content (AvgIpc) is 2.05. The van der Waals surface area contributed by atoms with Gasteiger partial charge in [-0.15, -0.1) is 12.4 Å². The van der Waals surface area contributed by atoms with Crippen LogP contribution in [0.4, 0.5) is 4.39 Å². The second-order valence-electron chi connectivity index (χ2n) is 1.84. The molecular weight excluding hydrogens is 169 g/mol. The fraction of sp³-hybridized carbons (Fsp3) is 0.286. The van der Waals surface area contributed by atoms with Crippen molar-refractivity contribution in [1.82, 2.24) is 4.98 Å². The smallest absolute Gasteiger partial charge is 0.212 e. The van der Waals surface area contributed by atoms with Gasteiger partial charge in [-0.05, 0) is 6.07 Å². The van der Waals surface area contributed by atoms with E-state index in [0.29, 0.717) is 11.4 Å². The van der Waals surface area contributed by atoms with Crippen LogP contribution in [-0.2, 0) is 6.67 Å². The third-order valence-electron chi connectivity index (χ3n) is 1.16. The number of nitrogens with zero attached hydrogens (tertiary/aromatic N) is 1. The number of rotatable bonds is 2. The number of halogens is 2. The van der Waals surface area contributed by atoms with Crippen LogP contribution in [0.2, 0.25) is 0 Å². The Bertz CT molecular complexity index is 179. The summed E-state index contributed by atoms with van der Waals surface area (Å²) in [6.45, 7) is -0.475. The van der Waals surface area contributed by atoms with Crippen LogP contribution in [0.5, 0.6) is 5.88 Å². The summed E-state index contributed by atoms with van der Waals surface area (Å²) in [6, 6.07) is 3.28. The first-order valence-corrected chi connectivity index (χ1v) is 2.91.